The smallest absolute Gasteiger partial charge is 0.293 e. The third-order valence-electron chi connectivity index (χ3n) is 3.56. The Balaban J connectivity index is 1.69. The van der Waals surface area contributed by atoms with Crippen molar-refractivity contribution in [3.05, 3.63) is 53.6 Å². The first-order chi connectivity index (χ1) is 12.0. The Hall–Kier alpha value is -2.51. The van der Waals surface area contributed by atoms with Crippen LogP contribution >= 0.6 is 23.4 Å². The standard InChI is InChI=1S/C17H13ClN2O4S/c18-10-5-7-11(8-6-10)20-16(23)14(25-17(20)24)9-15(22)19-12-3-1-2-4-13(12)21/h1-8,14,21H,9H2,(H,19,22). The number of carbonyl (C=O) groups is 3. The maximum Gasteiger partial charge on any atom is 0.293 e. The lowest BCUT2D eigenvalue weighted by Crippen LogP contribution is -2.32. The summed E-state index contributed by atoms with van der Waals surface area (Å²) in [6.45, 7) is 0. The number of anilines is 2. The molecule has 0 aromatic heterocycles. The Bertz CT molecular complexity index is 841. The molecular formula is C17H13ClN2O4S. The van der Waals surface area contributed by atoms with Crippen LogP contribution in [0.15, 0.2) is 48.5 Å². The van der Waals surface area contributed by atoms with E-state index in [1.807, 2.05) is 0 Å². The Kier molecular flexibility index (Phi) is 4.96. The Morgan fingerprint density at radius 2 is 1.84 bits per heavy atom. The van der Waals surface area contributed by atoms with Crippen molar-refractivity contribution in [1.82, 2.24) is 0 Å². The molecule has 2 N–H and O–H groups in total. The van der Waals surface area contributed by atoms with Crippen LogP contribution in [-0.2, 0) is 9.59 Å². The molecule has 0 spiro atoms. The fourth-order valence-corrected chi connectivity index (χ4v) is 3.47. The molecule has 1 aliphatic heterocycles. The quantitative estimate of drug-likeness (QED) is 0.795. The van der Waals surface area contributed by atoms with Crippen LogP contribution in [0, 0.1) is 0 Å². The average Bonchev–Trinajstić information content (AvgIpc) is 2.84. The molecule has 1 aliphatic rings. The van der Waals surface area contributed by atoms with E-state index in [-0.39, 0.29) is 17.9 Å². The van der Waals surface area contributed by atoms with Crippen molar-refractivity contribution >= 4 is 51.8 Å². The van der Waals surface area contributed by atoms with Crippen molar-refractivity contribution in [3.63, 3.8) is 0 Å². The minimum atomic E-state index is -0.811. The molecule has 2 aromatic rings. The summed E-state index contributed by atoms with van der Waals surface area (Å²) in [4.78, 5) is 37.8. The van der Waals surface area contributed by atoms with Gasteiger partial charge >= 0.3 is 0 Å². The number of imide groups is 1. The SMILES string of the molecule is O=C(CC1SC(=O)N(c2ccc(Cl)cc2)C1=O)Nc1ccccc1O. The molecule has 2 aromatic carbocycles. The lowest BCUT2D eigenvalue weighted by atomic mass is 10.2. The van der Waals surface area contributed by atoms with Crippen LogP contribution < -0.4 is 10.2 Å². The fourth-order valence-electron chi connectivity index (χ4n) is 2.36. The molecular weight excluding hydrogens is 364 g/mol. The van der Waals surface area contributed by atoms with Gasteiger partial charge in [0.15, 0.2) is 0 Å². The van der Waals surface area contributed by atoms with Gasteiger partial charge in [-0.2, -0.15) is 0 Å². The normalized spacial score (nSPS) is 17.0. The summed E-state index contributed by atoms with van der Waals surface area (Å²) < 4.78 is 0. The lowest BCUT2D eigenvalue weighted by molar-refractivity contribution is -0.121. The third-order valence-corrected chi connectivity index (χ3v) is 4.84. The highest BCUT2D eigenvalue weighted by atomic mass is 35.5. The van der Waals surface area contributed by atoms with Crippen molar-refractivity contribution in [2.75, 3.05) is 10.2 Å². The number of phenolic OH excluding ortho intramolecular Hbond substituents is 1. The zero-order valence-corrected chi connectivity index (χ0v) is 14.4. The van der Waals surface area contributed by atoms with Gasteiger partial charge in [-0.05, 0) is 48.2 Å². The zero-order valence-electron chi connectivity index (χ0n) is 12.8. The summed E-state index contributed by atoms with van der Waals surface area (Å²) in [6.07, 6.45) is -0.173. The predicted molar refractivity (Wildman–Crippen MR) is 97.1 cm³/mol. The number of hydrogen-bond donors (Lipinski definition) is 2. The minimum Gasteiger partial charge on any atom is -0.506 e. The minimum absolute atomic E-state index is 0.0693. The molecule has 0 aliphatic carbocycles. The molecule has 0 radical (unpaired) electrons. The second kappa shape index (κ2) is 7.16. The molecule has 0 saturated carbocycles. The molecule has 25 heavy (non-hydrogen) atoms. The molecule has 3 rings (SSSR count). The Morgan fingerprint density at radius 3 is 2.52 bits per heavy atom. The molecule has 1 saturated heterocycles. The lowest BCUT2D eigenvalue weighted by Gasteiger charge is -2.14. The Morgan fingerprint density at radius 1 is 1.16 bits per heavy atom. The van der Waals surface area contributed by atoms with Gasteiger partial charge < -0.3 is 10.4 Å². The number of phenols is 1. The van der Waals surface area contributed by atoms with Crippen LogP contribution in [0.3, 0.4) is 0 Å². The van der Waals surface area contributed by atoms with E-state index in [0.29, 0.717) is 10.7 Å². The van der Waals surface area contributed by atoms with Gasteiger partial charge in [0.05, 0.1) is 11.4 Å². The van der Waals surface area contributed by atoms with E-state index in [4.69, 9.17) is 11.6 Å². The summed E-state index contributed by atoms with van der Waals surface area (Å²) in [5, 5.41) is 11.4. The van der Waals surface area contributed by atoms with E-state index in [2.05, 4.69) is 5.32 Å². The van der Waals surface area contributed by atoms with E-state index in [0.717, 1.165) is 16.7 Å². The number of carbonyl (C=O) groups excluding carboxylic acids is 3. The summed E-state index contributed by atoms with van der Waals surface area (Å²) in [7, 11) is 0. The van der Waals surface area contributed by atoms with Crippen LogP contribution in [0.25, 0.3) is 0 Å². The van der Waals surface area contributed by atoms with Gasteiger partial charge in [-0.3, -0.25) is 14.4 Å². The number of nitrogens with zero attached hydrogens (tertiary/aromatic N) is 1. The molecule has 6 nitrogen and oxygen atoms in total. The van der Waals surface area contributed by atoms with Crippen molar-refractivity contribution < 1.29 is 19.5 Å². The Labute approximate surface area is 152 Å². The van der Waals surface area contributed by atoms with E-state index in [1.165, 1.54) is 6.07 Å². The molecule has 1 fully saturated rings. The van der Waals surface area contributed by atoms with E-state index in [1.54, 1.807) is 42.5 Å². The number of amides is 3. The van der Waals surface area contributed by atoms with Gasteiger partial charge in [0.25, 0.3) is 5.24 Å². The van der Waals surface area contributed by atoms with Crippen molar-refractivity contribution in [3.8, 4) is 5.75 Å². The molecule has 1 unspecified atom stereocenters. The van der Waals surface area contributed by atoms with Gasteiger partial charge in [0, 0.05) is 11.4 Å². The van der Waals surface area contributed by atoms with E-state index in [9.17, 15) is 19.5 Å². The van der Waals surface area contributed by atoms with Crippen molar-refractivity contribution in [2.24, 2.45) is 0 Å². The zero-order chi connectivity index (χ0) is 18.0. The van der Waals surface area contributed by atoms with Gasteiger partial charge in [-0.25, -0.2) is 4.90 Å². The van der Waals surface area contributed by atoms with Crippen LogP contribution in [0.2, 0.25) is 5.02 Å². The maximum absolute atomic E-state index is 12.5. The number of halogens is 1. The average molecular weight is 377 g/mol. The molecule has 3 amide bonds. The van der Waals surface area contributed by atoms with E-state index < -0.39 is 22.3 Å². The van der Waals surface area contributed by atoms with E-state index >= 15 is 0 Å². The van der Waals surface area contributed by atoms with Gasteiger partial charge in [-0.1, -0.05) is 23.7 Å². The first-order valence-electron chi connectivity index (χ1n) is 7.33. The van der Waals surface area contributed by atoms with Gasteiger partial charge in [-0.15, -0.1) is 0 Å². The molecule has 1 heterocycles. The predicted octanol–water partition coefficient (Wildman–Crippen LogP) is 3.64. The number of nitrogens with one attached hydrogen (secondary N) is 1. The third kappa shape index (κ3) is 3.78. The first kappa shape index (κ1) is 17.3. The van der Waals surface area contributed by atoms with Gasteiger partial charge in [0.1, 0.15) is 11.0 Å². The second-order valence-electron chi connectivity index (χ2n) is 5.29. The highest BCUT2D eigenvalue weighted by molar-refractivity contribution is 8.15. The molecule has 8 heteroatoms. The number of para-hydroxylation sites is 2. The largest absolute Gasteiger partial charge is 0.506 e. The van der Waals surface area contributed by atoms with Crippen LogP contribution in [0.4, 0.5) is 16.2 Å². The van der Waals surface area contributed by atoms with Gasteiger partial charge in [0.2, 0.25) is 11.8 Å². The maximum atomic E-state index is 12.5. The van der Waals surface area contributed by atoms with Crippen molar-refractivity contribution in [2.45, 2.75) is 11.7 Å². The highest BCUT2D eigenvalue weighted by Gasteiger charge is 2.41. The second-order valence-corrected chi connectivity index (χ2v) is 6.88. The summed E-state index contributed by atoms with van der Waals surface area (Å²) >= 11 is 6.62. The van der Waals surface area contributed by atoms with Crippen LogP contribution in [0.5, 0.6) is 5.75 Å². The van der Waals surface area contributed by atoms with Crippen molar-refractivity contribution in [1.29, 1.82) is 0 Å². The topological polar surface area (TPSA) is 86.7 Å². The van der Waals surface area contributed by atoms with Crippen LogP contribution in [0.1, 0.15) is 6.42 Å². The highest BCUT2D eigenvalue weighted by Crippen LogP contribution is 2.34. The summed E-state index contributed by atoms with van der Waals surface area (Å²) in [6, 6.07) is 12.6. The fraction of sp³-hybridized carbons (Fsp3) is 0.118. The summed E-state index contributed by atoms with van der Waals surface area (Å²) in [5.41, 5.74) is 0.666. The number of thioether (sulfide) groups is 1. The summed E-state index contributed by atoms with van der Waals surface area (Å²) in [5.74, 6) is -0.983. The van der Waals surface area contributed by atoms with Crippen LogP contribution in [-0.4, -0.2) is 27.4 Å². The molecule has 1 atom stereocenters. The first-order valence-corrected chi connectivity index (χ1v) is 8.59. The monoisotopic (exact) mass is 376 g/mol. The molecule has 0 bridgehead atoms. The number of aromatic hydroxyl groups is 1. The molecule has 128 valence electrons. The number of hydrogen-bond acceptors (Lipinski definition) is 5. The number of rotatable bonds is 4. The number of benzene rings is 2.